The Hall–Kier alpha value is -1.23. The fraction of sp³-hybridized carbons (Fsp3) is 0.417. The van der Waals surface area contributed by atoms with Crippen molar-refractivity contribution in [1.82, 2.24) is 0 Å². The van der Waals surface area contributed by atoms with Crippen molar-refractivity contribution in [1.29, 1.82) is 0 Å². The van der Waals surface area contributed by atoms with Crippen LogP contribution in [-0.2, 0) is 9.53 Å². The van der Waals surface area contributed by atoms with Crippen LogP contribution < -0.4 is 9.47 Å². The Morgan fingerprint density at radius 1 is 1.35 bits per heavy atom. The summed E-state index contributed by atoms with van der Waals surface area (Å²) in [6.07, 6.45) is 0. The number of hydrogen-bond donors (Lipinski definition) is 0. The van der Waals surface area contributed by atoms with Gasteiger partial charge in [0, 0.05) is 6.07 Å². The van der Waals surface area contributed by atoms with Gasteiger partial charge in [-0.2, -0.15) is 0 Å². The van der Waals surface area contributed by atoms with Crippen LogP contribution >= 0.6 is 15.9 Å². The lowest BCUT2D eigenvalue weighted by Gasteiger charge is -2.11. The van der Waals surface area contributed by atoms with E-state index in [0.717, 1.165) is 5.75 Å². The van der Waals surface area contributed by atoms with Crippen molar-refractivity contribution in [2.45, 2.75) is 11.8 Å². The van der Waals surface area contributed by atoms with E-state index in [0.29, 0.717) is 12.4 Å². The van der Waals surface area contributed by atoms with Crippen LogP contribution in [0.5, 0.6) is 11.5 Å². The van der Waals surface area contributed by atoms with E-state index in [-0.39, 0.29) is 12.6 Å². The molecule has 0 N–H and O–H groups in total. The molecular formula is C12H15BrO4. The van der Waals surface area contributed by atoms with Gasteiger partial charge in [0.25, 0.3) is 0 Å². The van der Waals surface area contributed by atoms with Crippen molar-refractivity contribution < 1.29 is 19.0 Å². The number of carbonyl (C=O) groups is 1. The molecule has 0 bridgehead atoms. The van der Waals surface area contributed by atoms with Crippen molar-refractivity contribution in [3.05, 3.63) is 24.3 Å². The number of methoxy groups -OCH3 is 1. The normalized spacial score (nSPS) is 11.7. The van der Waals surface area contributed by atoms with Gasteiger partial charge in [-0.25, -0.2) is 0 Å². The molecule has 17 heavy (non-hydrogen) atoms. The lowest BCUT2D eigenvalue weighted by Crippen LogP contribution is -2.22. The van der Waals surface area contributed by atoms with Crippen LogP contribution in [0.2, 0.25) is 0 Å². The summed E-state index contributed by atoms with van der Waals surface area (Å²) >= 11 is 3.18. The van der Waals surface area contributed by atoms with E-state index in [9.17, 15) is 4.79 Å². The Bertz CT molecular complexity index is 367. The van der Waals surface area contributed by atoms with E-state index in [1.54, 1.807) is 12.1 Å². The summed E-state index contributed by atoms with van der Waals surface area (Å²) in [5, 5.41) is 0. The second kappa shape index (κ2) is 7.17. The van der Waals surface area contributed by atoms with E-state index in [2.05, 4.69) is 20.7 Å². The Balaban J connectivity index is 2.51. The molecule has 0 aromatic heterocycles. The molecule has 5 heteroatoms. The molecule has 0 radical (unpaired) electrons. The molecule has 4 nitrogen and oxygen atoms in total. The number of ether oxygens (including phenoxy) is 3. The highest BCUT2D eigenvalue weighted by Gasteiger charge is 2.15. The maximum Gasteiger partial charge on any atom is 0.322 e. The summed E-state index contributed by atoms with van der Waals surface area (Å²) in [4.78, 5) is 10.7. The molecule has 0 aliphatic rings. The van der Waals surface area contributed by atoms with Gasteiger partial charge in [-0.1, -0.05) is 22.0 Å². The van der Waals surface area contributed by atoms with Gasteiger partial charge in [-0.3, -0.25) is 4.79 Å². The highest BCUT2D eigenvalue weighted by molar-refractivity contribution is 9.10. The highest BCUT2D eigenvalue weighted by atomic mass is 79.9. The minimum absolute atomic E-state index is 0.211. The Morgan fingerprint density at radius 2 is 2.00 bits per heavy atom. The number of halogens is 1. The maximum absolute atomic E-state index is 11.1. The highest BCUT2D eigenvalue weighted by Crippen LogP contribution is 2.20. The van der Waals surface area contributed by atoms with E-state index < -0.39 is 4.83 Å². The molecular weight excluding hydrogens is 288 g/mol. The number of hydrogen-bond acceptors (Lipinski definition) is 4. The monoisotopic (exact) mass is 302 g/mol. The molecule has 0 saturated carbocycles. The van der Waals surface area contributed by atoms with E-state index in [1.165, 1.54) is 7.11 Å². The van der Waals surface area contributed by atoms with Crippen molar-refractivity contribution in [3.63, 3.8) is 0 Å². The molecule has 1 aromatic carbocycles. The molecule has 0 saturated heterocycles. The van der Waals surface area contributed by atoms with Crippen LogP contribution in [0.4, 0.5) is 0 Å². The van der Waals surface area contributed by atoms with Crippen LogP contribution in [0.25, 0.3) is 0 Å². The minimum atomic E-state index is -0.469. The number of alkyl halides is 1. The first kappa shape index (κ1) is 13.8. The first-order chi connectivity index (χ1) is 8.17. The molecule has 0 spiro atoms. The smallest absolute Gasteiger partial charge is 0.322 e. The second-order valence-electron chi connectivity index (χ2n) is 3.21. The van der Waals surface area contributed by atoms with Crippen molar-refractivity contribution >= 4 is 21.9 Å². The van der Waals surface area contributed by atoms with Gasteiger partial charge < -0.3 is 14.2 Å². The topological polar surface area (TPSA) is 44.8 Å². The molecule has 0 aliphatic heterocycles. The van der Waals surface area contributed by atoms with Gasteiger partial charge >= 0.3 is 5.97 Å². The molecule has 0 heterocycles. The summed E-state index contributed by atoms with van der Waals surface area (Å²) in [6.45, 7) is 2.73. The van der Waals surface area contributed by atoms with Crippen LogP contribution in [0, 0.1) is 0 Å². The quantitative estimate of drug-likeness (QED) is 0.598. The zero-order chi connectivity index (χ0) is 12.7. The Morgan fingerprint density at radius 3 is 2.59 bits per heavy atom. The fourth-order valence-electron chi connectivity index (χ4n) is 1.19. The molecule has 1 aromatic rings. The van der Waals surface area contributed by atoms with Gasteiger partial charge in [-0.15, -0.1) is 0 Å². The van der Waals surface area contributed by atoms with Gasteiger partial charge in [-0.05, 0) is 19.1 Å². The first-order valence-electron chi connectivity index (χ1n) is 5.25. The van der Waals surface area contributed by atoms with Crippen LogP contribution in [0.1, 0.15) is 6.92 Å². The third-order valence-electron chi connectivity index (χ3n) is 1.97. The summed E-state index contributed by atoms with van der Waals surface area (Å²) in [6, 6.07) is 7.27. The predicted octanol–water partition coefficient (Wildman–Crippen LogP) is 2.40. The molecule has 0 aliphatic carbocycles. The van der Waals surface area contributed by atoms with Crippen LogP contribution in [-0.4, -0.2) is 31.1 Å². The fourth-order valence-corrected chi connectivity index (χ4v) is 1.50. The summed E-state index contributed by atoms with van der Waals surface area (Å²) in [7, 11) is 1.34. The minimum Gasteiger partial charge on any atom is -0.494 e. The zero-order valence-corrected chi connectivity index (χ0v) is 11.4. The molecule has 1 rings (SSSR count). The second-order valence-corrected chi connectivity index (χ2v) is 4.31. The lowest BCUT2D eigenvalue weighted by molar-refractivity contribution is -0.140. The SMILES string of the molecule is CCOc1cccc(OCC(Br)C(=O)OC)c1. The maximum atomic E-state index is 11.1. The molecule has 1 atom stereocenters. The van der Waals surface area contributed by atoms with Gasteiger partial charge in [0.2, 0.25) is 0 Å². The summed E-state index contributed by atoms with van der Waals surface area (Å²) < 4.78 is 15.4. The zero-order valence-electron chi connectivity index (χ0n) is 9.81. The first-order valence-corrected chi connectivity index (χ1v) is 6.16. The van der Waals surface area contributed by atoms with Gasteiger partial charge in [0.15, 0.2) is 0 Å². The lowest BCUT2D eigenvalue weighted by atomic mass is 10.3. The Kier molecular flexibility index (Phi) is 5.83. The third kappa shape index (κ3) is 4.65. The molecule has 1 unspecified atom stereocenters. The number of esters is 1. The molecule has 0 amide bonds. The molecule has 94 valence electrons. The van der Waals surface area contributed by atoms with Crippen molar-refractivity contribution in [3.8, 4) is 11.5 Å². The van der Waals surface area contributed by atoms with E-state index in [1.807, 2.05) is 19.1 Å². The van der Waals surface area contributed by atoms with Crippen LogP contribution in [0.15, 0.2) is 24.3 Å². The van der Waals surface area contributed by atoms with Gasteiger partial charge in [0.05, 0.1) is 13.7 Å². The molecule has 0 fully saturated rings. The largest absolute Gasteiger partial charge is 0.494 e. The third-order valence-corrected chi connectivity index (χ3v) is 2.61. The average Bonchev–Trinajstić information content (AvgIpc) is 2.36. The van der Waals surface area contributed by atoms with Gasteiger partial charge in [0.1, 0.15) is 22.9 Å². The van der Waals surface area contributed by atoms with E-state index in [4.69, 9.17) is 9.47 Å². The standard InChI is InChI=1S/C12H15BrO4/c1-3-16-9-5-4-6-10(7-9)17-8-11(13)12(14)15-2/h4-7,11H,3,8H2,1-2H3. The predicted molar refractivity (Wildman–Crippen MR) is 67.8 cm³/mol. The van der Waals surface area contributed by atoms with Crippen LogP contribution in [0.3, 0.4) is 0 Å². The number of carbonyl (C=O) groups excluding carboxylic acids is 1. The number of benzene rings is 1. The van der Waals surface area contributed by atoms with E-state index >= 15 is 0 Å². The van der Waals surface area contributed by atoms with Crippen molar-refractivity contribution in [2.24, 2.45) is 0 Å². The number of rotatable bonds is 6. The average molecular weight is 303 g/mol. The summed E-state index contributed by atoms with van der Waals surface area (Å²) in [5.41, 5.74) is 0. The Labute approximate surface area is 109 Å². The summed E-state index contributed by atoms with van der Waals surface area (Å²) in [5.74, 6) is 1.05. The van der Waals surface area contributed by atoms with Crippen molar-refractivity contribution in [2.75, 3.05) is 20.3 Å².